The molecule has 1 heterocycles. The van der Waals surface area contributed by atoms with Gasteiger partial charge in [0.2, 0.25) is 0 Å². The van der Waals surface area contributed by atoms with Crippen molar-refractivity contribution in [2.24, 2.45) is 0 Å². The fourth-order valence-corrected chi connectivity index (χ4v) is 6.83. The van der Waals surface area contributed by atoms with Crippen molar-refractivity contribution in [1.29, 1.82) is 0 Å². The van der Waals surface area contributed by atoms with Gasteiger partial charge in [-0.25, -0.2) is 0 Å². The maximum Gasteiger partial charge on any atom is 0.136 e. The minimum absolute atomic E-state index is 0.927. The Balaban J connectivity index is 1.08. The molecular formula is C44H29NO. The van der Waals surface area contributed by atoms with E-state index in [0.717, 1.165) is 33.6 Å². The quantitative estimate of drug-likeness (QED) is 0.199. The van der Waals surface area contributed by atoms with Gasteiger partial charge in [-0.05, 0) is 98.4 Å². The molecule has 0 aliphatic carbocycles. The number of nitrogens with zero attached hydrogens (tertiary/aromatic N) is 1. The van der Waals surface area contributed by atoms with Crippen molar-refractivity contribution in [3.63, 3.8) is 0 Å². The van der Waals surface area contributed by atoms with Crippen molar-refractivity contribution in [3.05, 3.63) is 176 Å². The van der Waals surface area contributed by atoms with Gasteiger partial charge in [-0.3, -0.25) is 0 Å². The predicted molar refractivity (Wildman–Crippen MR) is 194 cm³/mol. The standard InChI is InChI=1S/C44H29NO/c1-2-11-35(12-3-1)45(37-25-19-32(20-26-37)39-15-8-10-31-9-4-5-13-38(31)39)36-23-17-30(18-24-36)33-21-27-40-34(29-33)22-28-43-44(40)41-14-6-7-16-42(41)46-43/h1-29H. The van der Waals surface area contributed by atoms with Crippen LogP contribution in [-0.4, -0.2) is 0 Å². The molecule has 0 bridgehead atoms. The van der Waals surface area contributed by atoms with Crippen LogP contribution < -0.4 is 4.90 Å². The molecule has 0 N–H and O–H groups in total. The van der Waals surface area contributed by atoms with Crippen molar-refractivity contribution in [2.75, 3.05) is 4.90 Å². The van der Waals surface area contributed by atoms with Gasteiger partial charge in [0, 0.05) is 27.8 Å². The second kappa shape index (κ2) is 10.8. The fraction of sp³-hybridized carbons (Fsp3) is 0. The van der Waals surface area contributed by atoms with Gasteiger partial charge < -0.3 is 9.32 Å². The topological polar surface area (TPSA) is 16.4 Å². The molecule has 46 heavy (non-hydrogen) atoms. The Kier molecular flexibility index (Phi) is 6.17. The minimum atomic E-state index is 0.927. The van der Waals surface area contributed by atoms with Gasteiger partial charge >= 0.3 is 0 Å². The summed E-state index contributed by atoms with van der Waals surface area (Å²) in [5.41, 5.74) is 10.0. The van der Waals surface area contributed by atoms with E-state index in [1.165, 1.54) is 49.2 Å². The Morgan fingerprint density at radius 3 is 1.78 bits per heavy atom. The van der Waals surface area contributed by atoms with Crippen molar-refractivity contribution in [2.45, 2.75) is 0 Å². The molecule has 0 fully saturated rings. The summed E-state index contributed by atoms with van der Waals surface area (Å²) in [5, 5.41) is 7.28. The second-order valence-electron chi connectivity index (χ2n) is 11.8. The molecule has 0 amide bonds. The van der Waals surface area contributed by atoms with Crippen LogP contribution in [0.25, 0.3) is 65.7 Å². The normalized spacial score (nSPS) is 11.5. The maximum atomic E-state index is 6.13. The monoisotopic (exact) mass is 587 g/mol. The highest BCUT2D eigenvalue weighted by molar-refractivity contribution is 6.19. The molecule has 9 rings (SSSR count). The number of furan rings is 1. The lowest BCUT2D eigenvalue weighted by Gasteiger charge is -2.26. The van der Waals surface area contributed by atoms with Crippen molar-refractivity contribution >= 4 is 60.5 Å². The molecular weight excluding hydrogens is 558 g/mol. The molecule has 0 atom stereocenters. The molecule has 0 saturated carbocycles. The number of rotatable bonds is 5. The van der Waals surface area contributed by atoms with E-state index in [9.17, 15) is 0 Å². The molecule has 0 unspecified atom stereocenters. The van der Waals surface area contributed by atoms with Crippen LogP contribution in [0.1, 0.15) is 0 Å². The first kappa shape index (κ1) is 26.3. The number of anilines is 3. The summed E-state index contributed by atoms with van der Waals surface area (Å²) in [7, 11) is 0. The first-order valence-electron chi connectivity index (χ1n) is 15.7. The zero-order chi connectivity index (χ0) is 30.5. The molecule has 8 aromatic carbocycles. The van der Waals surface area contributed by atoms with E-state index in [1.807, 2.05) is 12.1 Å². The highest BCUT2D eigenvalue weighted by Gasteiger charge is 2.14. The van der Waals surface area contributed by atoms with Gasteiger partial charge in [-0.1, -0.05) is 121 Å². The van der Waals surface area contributed by atoms with Gasteiger partial charge in [-0.15, -0.1) is 0 Å². The number of para-hydroxylation sites is 2. The zero-order valence-electron chi connectivity index (χ0n) is 25.1. The third-order valence-electron chi connectivity index (χ3n) is 9.06. The second-order valence-corrected chi connectivity index (χ2v) is 11.8. The Bertz CT molecular complexity index is 2500. The van der Waals surface area contributed by atoms with Crippen molar-refractivity contribution in [1.82, 2.24) is 0 Å². The highest BCUT2D eigenvalue weighted by atomic mass is 16.3. The summed E-state index contributed by atoms with van der Waals surface area (Å²) in [6.45, 7) is 0. The largest absolute Gasteiger partial charge is 0.456 e. The molecule has 9 aromatic rings. The van der Waals surface area contributed by atoms with Crippen LogP contribution in [0.4, 0.5) is 17.1 Å². The number of hydrogen-bond acceptors (Lipinski definition) is 2. The summed E-state index contributed by atoms with van der Waals surface area (Å²) in [5.74, 6) is 0. The van der Waals surface area contributed by atoms with Gasteiger partial charge in [0.15, 0.2) is 0 Å². The summed E-state index contributed by atoms with van der Waals surface area (Å²) in [6, 6.07) is 62.7. The minimum Gasteiger partial charge on any atom is -0.456 e. The van der Waals surface area contributed by atoms with Gasteiger partial charge in [0.1, 0.15) is 11.2 Å². The van der Waals surface area contributed by atoms with E-state index in [-0.39, 0.29) is 0 Å². The van der Waals surface area contributed by atoms with E-state index in [0.29, 0.717) is 0 Å². The van der Waals surface area contributed by atoms with Crippen LogP contribution in [-0.2, 0) is 0 Å². The molecule has 0 radical (unpaired) electrons. The van der Waals surface area contributed by atoms with Gasteiger partial charge in [0.25, 0.3) is 0 Å². The van der Waals surface area contributed by atoms with E-state index >= 15 is 0 Å². The molecule has 0 spiro atoms. The number of fused-ring (bicyclic) bond motifs is 6. The van der Waals surface area contributed by atoms with E-state index < -0.39 is 0 Å². The van der Waals surface area contributed by atoms with E-state index in [2.05, 4.69) is 169 Å². The van der Waals surface area contributed by atoms with Crippen molar-refractivity contribution in [3.8, 4) is 22.3 Å². The Hall–Kier alpha value is -6.12. The average molecular weight is 588 g/mol. The third-order valence-corrected chi connectivity index (χ3v) is 9.06. The lowest BCUT2D eigenvalue weighted by molar-refractivity contribution is 0.669. The molecule has 0 aliphatic heterocycles. The first-order valence-corrected chi connectivity index (χ1v) is 15.7. The van der Waals surface area contributed by atoms with Crippen LogP contribution in [0.3, 0.4) is 0 Å². The predicted octanol–water partition coefficient (Wildman–Crippen LogP) is 12.7. The summed E-state index contributed by atoms with van der Waals surface area (Å²) in [6.07, 6.45) is 0. The Morgan fingerprint density at radius 2 is 0.978 bits per heavy atom. The van der Waals surface area contributed by atoms with Crippen LogP contribution in [0.5, 0.6) is 0 Å². The van der Waals surface area contributed by atoms with Crippen molar-refractivity contribution < 1.29 is 4.42 Å². The lowest BCUT2D eigenvalue weighted by Crippen LogP contribution is -2.09. The maximum absolute atomic E-state index is 6.13. The lowest BCUT2D eigenvalue weighted by atomic mass is 9.97. The van der Waals surface area contributed by atoms with Crippen LogP contribution in [0.2, 0.25) is 0 Å². The van der Waals surface area contributed by atoms with Gasteiger partial charge in [0.05, 0.1) is 0 Å². The summed E-state index contributed by atoms with van der Waals surface area (Å²) in [4.78, 5) is 2.32. The third kappa shape index (κ3) is 4.43. The molecule has 0 aliphatic rings. The Labute approximate surface area is 267 Å². The van der Waals surface area contributed by atoms with E-state index in [1.54, 1.807) is 0 Å². The van der Waals surface area contributed by atoms with Crippen LogP contribution >= 0.6 is 0 Å². The molecule has 1 aromatic heterocycles. The molecule has 2 nitrogen and oxygen atoms in total. The average Bonchev–Trinajstić information content (AvgIpc) is 3.52. The number of hydrogen-bond donors (Lipinski definition) is 0. The number of benzene rings is 8. The fourth-order valence-electron chi connectivity index (χ4n) is 6.83. The smallest absolute Gasteiger partial charge is 0.136 e. The summed E-state index contributed by atoms with van der Waals surface area (Å²) < 4.78 is 6.13. The summed E-state index contributed by atoms with van der Waals surface area (Å²) >= 11 is 0. The Morgan fingerprint density at radius 1 is 0.348 bits per heavy atom. The van der Waals surface area contributed by atoms with E-state index in [4.69, 9.17) is 4.42 Å². The highest BCUT2D eigenvalue weighted by Crippen LogP contribution is 2.39. The zero-order valence-corrected chi connectivity index (χ0v) is 25.1. The first-order chi connectivity index (χ1) is 22.8. The molecule has 216 valence electrons. The molecule has 2 heteroatoms. The molecule has 0 saturated heterocycles. The SMILES string of the molecule is c1ccc(N(c2ccc(-c3ccc4c(ccc5oc6ccccc6c54)c3)cc2)c2ccc(-c3cccc4ccccc34)cc2)cc1. The van der Waals surface area contributed by atoms with Crippen LogP contribution in [0, 0.1) is 0 Å². The van der Waals surface area contributed by atoms with Crippen LogP contribution in [0.15, 0.2) is 180 Å². The van der Waals surface area contributed by atoms with Gasteiger partial charge in [-0.2, -0.15) is 0 Å².